The Morgan fingerprint density at radius 3 is 2.54 bits per heavy atom. The minimum atomic E-state index is -2.53. The van der Waals surface area contributed by atoms with Gasteiger partial charge in [-0.15, -0.1) is 0 Å². The van der Waals surface area contributed by atoms with Crippen molar-refractivity contribution in [2.24, 2.45) is 23.5 Å². The molecular weight excluding hydrogens is 456 g/mol. The van der Waals surface area contributed by atoms with E-state index in [-0.39, 0.29) is 36.1 Å². The minimum absolute atomic E-state index is 0.0259. The monoisotopic (exact) mass is 482 g/mol. The summed E-state index contributed by atoms with van der Waals surface area (Å²) in [4.78, 5) is 40.5. The number of rotatable bonds is 3. The smallest absolute Gasteiger partial charge is 0.230 e. The molecule has 10 nitrogen and oxygen atoms in total. The third-order valence-electron chi connectivity index (χ3n) is 7.68. The Balaban J connectivity index is 1.71. The second kappa shape index (κ2) is 7.69. The van der Waals surface area contributed by atoms with Gasteiger partial charge in [0, 0.05) is 42.4 Å². The predicted molar refractivity (Wildman–Crippen MR) is 123 cm³/mol. The van der Waals surface area contributed by atoms with Crippen molar-refractivity contribution in [1.29, 1.82) is 0 Å². The molecule has 5 atom stereocenters. The molecule has 2 unspecified atom stereocenters. The number of furan rings is 1. The number of benzene rings is 1. The molecule has 0 bridgehead atoms. The molecule has 184 valence electrons. The quantitative estimate of drug-likeness (QED) is 0.401. The van der Waals surface area contributed by atoms with Crippen LogP contribution in [0.1, 0.15) is 28.8 Å². The highest BCUT2D eigenvalue weighted by molar-refractivity contribution is 6.17. The summed E-state index contributed by atoms with van der Waals surface area (Å²) >= 11 is 0. The molecule has 1 amide bonds. The van der Waals surface area contributed by atoms with Gasteiger partial charge in [0.1, 0.15) is 17.4 Å². The number of phenols is 1. The average Bonchev–Trinajstić information content (AvgIpc) is 3.30. The second-order valence-electron chi connectivity index (χ2n) is 9.79. The van der Waals surface area contributed by atoms with E-state index in [1.54, 1.807) is 26.2 Å². The number of fused-ring (bicyclic) bond motifs is 3. The van der Waals surface area contributed by atoms with Gasteiger partial charge >= 0.3 is 0 Å². The molecule has 0 aliphatic heterocycles. The van der Waals surface area contributed by atoms with Crippen molar-refractivity contribution in [1.82, 2.24) is 0 Å². The maximum Gasteiger partial charge on any atom is 0.230 e. The number of ketones is 2. The van der Waals surface area contributed by atoms with Crippen molar-refractivity contribution in [2.45, 2.75) is 31.0 Å². The van der Waals surface area contributed by atoms with E-state index in [1.165, 1.54) is 12.5 Å². The Hall–Kier alpha value is -3.63. The number of phenolic OH excluding ortho intramolecular Hbond substituents is 1. The molecule has 1 saturated carbocycles. The van der Waals surface area contributed by atoms with E-state index in [4.69, 9.17) is 10.2 Å². The SMILES string of the molecule is CN(C)c1cc(-c2ccoc2)c(O)c2c1C[C@H]1C[C@H]3CC(O)C(C(N)=O)C(=O)[C@@]3(O)C(O)=C1C2=O. The number of Topliss-reactive ketones (excluding diaryl/α,β-unsaturated/α-hetero) is 2. The van der Waals surface area contributed by atoms with Gasteiger partial charge in [-0.3, -0.25) is 14.4 Å². The lowest BCUT2D eigenvalue weighted by molar-refractivity contribution is -0.167. The number of allylic oxidation sites excluding steroid dienone is 1. The minimum Gasteiger partial charge on any atom is -0.508 e. The third kappa shape index (κ3) is 3.06. The van der Waals surface area contributed by atoms with Crippen molar-refractivity contribution in [3.63, 3.8) is 0 Å². The predicted octanol–water partition coefficient (Wildman–Crippen LogP) is 1.07. The van der Waals surface area contributed by atoms with Gasteiger partial charge in [0.05, 0.1) is 24.2 Å². The fourth-order valence-electron chi connectivity index (χ4n) is 6.01. The van der Waals surface area contributed by atoms with Crippen LogP contribution in [-0.4, -0.2) is 63.7 Å². The molecule has 35 heavy (non-hydrogen) atoms. The van der Waals surface area contributed by atoms with Gasteiger partial charge in [-0.25, -0.2) is 0 Å². The van der Waals surface area contributed by atoms with Gasteiger partial charge in [0.2, 0.25) is 5.91 Å². The standard InChI is InChI=1S/C25H26N2O8/c1-27(2)15-8-13(10-3-4-35-9-10)20(29)18-14(15)6-11-5-12-7-16(28)19(24(26)33)23(32)25(12,34)22(31)17(11)21(18)30/h3-4,8-9,11-12,16,19,28-29,31,34H,5-7H2,1-2H3,(H2,26,33)/t11-,12+,16?,19?,25+/m1/s1. The van der Waals surface area contributed by atoms with Crippen LogP contribution in [0.2, 0.25) is 0 Å². The molecule has 5 rings (SSSR count). The molecule has 1 heterocycles. The highest BCUT2D eigenvalue weighted by Crippen LogP contribution is 2.53. The molecule has 6 N–H and O–H groups in total. The zero-order chi connectivity index (χ0) is 25.4. The Kier molecular flexibility index (Phi) is 5.08. The Bertz CT molecular complexity index is 1300. The fourth-order valence-corrected chi connectivity index (χ4v) is 6.01. The Morgan fingerprint density at radius 1 is 1.23 bits per heavy atom. The molecule has 0 spiro atoms. The molecule has 1 aromatic carbocycles. The van der Waals surface area contributed by atoms with E-state index in [2.05, 4.69) is 0 Å². The Morgan fingerprint density at radius 2 is 1.94 bits per heavy atom. The van der Waals surface area contributed by atoms with Crippen molar-refractivity contribution >= 4 is 23.2 Å². The molecular formula is C25H26N2O8. The first-order chi connectivity index (χ1) is 16.5. The van der Waals surface area contributed by atoms with Crippen molar-refractivity contribution < 1.29 is 39.2 Å². The first-order valence-electron chi connectivity index (χ1n) is 11.3. The first-order valence-corrected chi connectivity index (χ1v) is 11.3. The Labute approximate surface area is 200 Å². The zero-order valence-electron chi connectivity index (χ0n) is 19.2. The summed E-state index contributed by atoms with van der Waals surface area (Å²) < 4.78 is 5.13. The van der Waals surface area contributed by atoms with Gasteiger partial charge in [0.15, 0.2) is 17.2 Å². The van der Waals surface area contributed by atoms with Crippen LogP contribution >= 0.6 is 0 Å². The topological polar surface area (TPSA) is 175 Å². The highest BCUT2D eigenvalue weighted by atomic mass is 16.3. The summed E-state index contributed by atoms with van der Waals surface area (Å²) in [6.45, 7) is 0. The van der Waals surface area contributed by atoms with Crippen molar-refractivity contribution in [2.75, 3.05) is 19.0 Å². The number of aliphatic hydroxyl groups is 3. The van der Waals surface area contributed by atoms with E-state index >= 15 is 0 Å². The average molecular weight is 482 g/mol. The van der Waals surface area contributed by atoms with Gasteiger partial charge in [-0.05, 0) is 42.9 Å². The fraction of sp³-hybridized carbons (Fsp3) is 0.400. The maximum absolute atomic E-state index is 13.8. The van der Waals surface area contributed by atoms with Crippen LogP contribution in [0.4, 0.5) is 5.69 Å². The third-order valence-corrected chi connectivity index (χ3v) is 7.68. The van der Waals surface area contributed by atoms with E-state index in [0.717, 1.165) is 0 Å². The molecule has 0 radical (unpaired) electrons. The van der Waals surface area contributed by atoms with Crippen LogP contribution in [0.3, 0.4) is 0 Å². The van der Waals surface area contributed by atoms with Gasteiger partial charge in [0.25, 0.3) is 0 Å². The van der Waals surface area contributed by atoms with Crippen LogP contribution < -0.4 is 10.6 Å². The van der Waals surface area contributed by atoms with Gasteiger partial charge in [-0.1, -0.05) is 0 Å². The van der Waals surface area contributed by atoms with E-state index < -0.39 is 52.7 Å². The second-order valence-corrected chi connectivity index (χ2v) is 9.79. The summed E-state index contributed by atoms with van der Waals surface area (Å²) in [6, 6.07) is 3.39. The van der Waals surface area contributed by atoms with E-state index in [0.29, 0.717) is 22.4 Å². The van der Waals surface area contributed by atoms with Crippen LogP contribution in [0.5, 0.6) is 5.75 Å². The molecule has 10 heteroatoms. The van der Waals surface area contributed by atoms with Crippen LogP contribution in [0, 0.1) is 17.8 Å². The van der Waals surface area contributed by atoms with E-state index in [9.17, 15) is 34.8 Å². The number of nitrogens with zero attached hydrogens (tertiary/aromatic N) is 1. The molecule has 3 aliphatic rings. The number of primary amides is 1. The number of hydrogen-bond acceptors (Lipinski definition) is 9. The number of carbonyl (C=O) groups is 3. The summed E-state index contributed by atoms with van der Waals surface area (Å²) in [6.07, 6.45) is 1.69. The zero-order valence-corrected chi connectivity index (χ0v) is 19.2. The van der Waals surface area contributed by atoms with Crippen LogP contribution in [-0.2, 0) is 16.0 Å². The summed E-state index contributed by atoms with van der Waals surface area (Å²) in [5.74, 6) is -7.27. The number of amides is 1. The lowest BCUT2D eigenvalue weighted by Gasteiger charge is -2.48. The molecule has 1 fully saturated rings. The normalized spacial score (nSPS) is 29.9. The number of carbonyl (C=O) groups excluding carboxylic acids is 3. The number of aliphatic hydroxyl groups excluding tert-OH is 2. The lowest BCUT2D eigenvalue weighted by Crippen LogP contribution is -2.63. The number of hydrogen-bond donors (Lipinski definition) is 5. The lowest BCUT2D eigenvalue weighted by atomic mass is 9.57. The molecule has 1 aromatic heterocycles. The number of anilines is 1. The van der Waals surface area contributed by atoms with Crippen LogP contribution in [0.25, 0.3) is 11.1 Å². The molecule has 0 saturated heterocycles. The summed E-state index contributed by atoms with van der Waals surface area (Å²) in [5.41, 5.74) is 4.72. The molecule has 2 aromatic rings. The van der Waals surface area contributed by atoms with Crippen LogP contribution in [0.15, 0.2) is 40.4 Å². The first kappa shape index (κ1) is 23.1. The highest BCUT2D eigenvalue weighted by Gasteiger charge is 2.62. The van der Waals surface area contributed by atoms with Gasteiger partial charge < -0.3 is 35.5 Å². The van der Waals surface area contributed by atoms with Gasteiger partial charge in [-0.2, -0.15) is 0 Å². The largest absolute Gasteiger partial charge is 0.508 e. The van der Waals surface area contributed by atoms with E-state index in [1.807, 2.05) is 4.90 Å². The van der Waals surface area contributed by atoms with Crippen molar-refractivity contribution in [3.05, 3.63) is 47.1 Å². The number of aromatic hydroxyl groups is 1. The summed E-state index contributed by atoms with van der Waals surface area (Å²) in [5, 5.41) is 44.1. The maximum atomic E-state index is 13.8. The summed E-state index contributed by atoms with van der Waals surface area (Å²) in [7, 11) is 3.61. The van der Waals surface area contributed by atoms with Crippen molar-refractivity contribution in [3.8, 4) is 16.9 Å². The molecule has 3 aliphatic carbocycles. The number of nitrogens with two attached hydrogens (primary N) is 1.